The maximum Gasteiger partial charge on any atom is 0.219 e. The van der Waals surface area contributed by atoms with Crippen molar-refractivity contribution in [2.75, 3.05) is 13.1 Å². The zero-order valence-electron chi connectivity index (χ0n) is 5.75. The van der Waals surface area contributed by atoms with Crippen LogP contribution in [0.3, 0.4) is 0 Å². The Hall–Kier alpha value is -0.640. The highest BCUT2D eigenvalue weighted by atomic mass is 19.1. The molecule has 2 unspecified atom stereocenters. The minimum absolute atomic E-state index is 0.0382. The average Bonchev–Trinajstić information content (AvgIpc) is 2.13. The SMILES string of the molecule is CC(=O)N1CC(O)C(F)C1. The predicted octanol–water partition coefficient (Wildman–Crippen LogP) is -0.452. The Morgan fingerprint density at radius 1 is 1.70 bits per heavy atom. The molecule has 1 heterocycles. The summed E-state index contributed by atoms with van der Waals surface area (Å²) < 4.78 is 12.5. The smallest absolute Gasteiger partial charge is 0.219 e. The van der Waals surface area contributed by atoms with E-state index in [1.807, 2.05) is 0 Å². The first-order valence-electron chi connectivity index (χ1n) is 3.19. The van der Waals surface area contributed by atoms with Gasteiger partial charge >= 0.3 is 0 Å². The molecule has 1 fully saturated rings. The van der Waals surface area contributed by atoms with Crippen molar-refractivity contribution in [2.45, 2.75) is 19.2 Å². The van der Waals surface area contributed by atoms with Gasteiger partial charge < -0.3 is 10.0 Å². The highest BCUT2D eigenvalue weighted by molar-refractivity contribution is 5.73. The van der Waals surface area contributed by atoms with Crippen LogP contribution in [-0.2, 0) is 4.79 Å². The van der Waals surface area contributed by atoms with E-state index in [1.165, 1.54) is 11.8 Å². The number of amides is 1. The van der Waals surface area contributed by atoms with Crippen molar-refractivity contribution in [1.29, 1.82) is 0 Å². The Balaban J connectivity index is 2.49. The molecule has 0 aliphatic carbocycles. The number of alkyl halides is 1. The minimum Gasteiger partial charge on any atom is -0.388 e. The fourth-order valence-corrected chi connectivity index (χ4v) is 1.00. The summed E-state index contributed by atoms with van der Waals surface area (Å²) in [6, 6.07) is 0. The number of hydrogen-bond donors (Lipinski definition) is 1. The monoisotopic (exact) mass is 147 g/mol. The van der Waals surface area contributed by atoms with Gasteiger partial charge in [0.05, 0.1) is 6.54 Å². The lowest BCUT2D eigenvalue weighted by Crippen LogP contribution is -2.26. The third kappa shape index (κ3) is 1.26. The lowest BCUT2D eigenvalue weighted by molar-refractivity contribution is -0.128. The minimum atomic E-state index is -1.26. The van der Waals surface area contributed by atoms with Crippen LogP contribution in [0.5, 0.6) is 0 Å². The summed E-state index contributed by atoms with van der Waals surface area (Å²) in [5, 5.41) is 8.85. The van der Waals surface area contributed by atoms with Crippen LogP contribution in [0, 0.1) is 0 Å². The number of nitrogens with zero attached hydrogens (tertiary/aromatic N) is 1. The topological polar surface area (TPSA) is 40.5 Å². The zero-order chi connectivity index (χ0) is 7.72. The van der Waals surface area contributed by atoms with Gasteiger partial charge in [-0.3, -0.25) is 4.79 Å². The Kier molecular flexibility index (Phi) is 1.89. The molecule has 0 bridgehead atoms. The highest BCUT2D eigenvalue weighted by Gasteiger charge is 2.32. The lowest BCUT2D eigenvalue weighted by Gasteiger charge is -2.10. The van der Waals surface area contributed by atoms with E-state index in [1.54, 1.807) is 0 Å². The van der Waals surface area contributed by atoms with Crippen LogP contribution in [0.4, 0.5) is 4.39 Å². The summed E-state index contributed by atoms with van der Waals surface area (Å²) in [5.74, 6) is -0.181. The van der Waals surface area contributed by atoms with Crippen molar-refractivity contribution in [1.82, 2.24) is 4.90 Å². The molecule has 1 aliphatic rings. The maximum atomic E-state index is 12.5. The largest absolute Gasteiger partial charge is 0.388 e. The molecule has 4 heteroatoms. The molecule has 58 valence electrons. The van der Waals surface area contributed by atoms with Crippen molar-refractivity contribution in [2.24, 2.45) is 0 Å². The van der Waals surface area contributed by atoms with E-state index in [-0.39, 0.29) is 19.0 Å². The molecule has 1 saturated heterocycles. The second kappa shape index (κ2) is 2.54. The van der Waals surface area contributed by atoms with Gasteiger partial charge in [-0.1, -0.05) is 0 Å². The maximum absolute atomic E-state index is 12.5. The summed E-state index contributed by atoms with van der Waals surface area (Å²) in [7, 11) is 0. The van der Waals surface area contributed by atoms with E-state index < -0.39 is 12.3 Å². The van der Waals surface area contributed by atoms with Crippen molar-refractivity contribution in [3.05, 3.63) is 0 Å². The van der Waals surface area contributed by atoms with Crippen LogP contribution < -0.4 is 0 Å². The summed E-state index contributed by atoms with van der Waals surface area (Å²) >= 11 is 0. The number of β-amino-alcohol motifs (C(OH)–C–C–N with tert-alkyl or cyclic N) is 1. The van der Waals surface area contributed by atoms with Gasteiger partial charge in [0.1, 0.15) is 12.3 Å². The van der Waals surface area contributed by atoms with Crippen LogP contribution in [0.1, 0.15) is 6.92 Å². The fourth-order valence-electron chi connectivity index (χ4n) is 1.00. The molecule has 0 radical (unpaired) electrons. The van der Waals surface area contributed by atoms with E-state index in [2.05, 4.69) is 0 Å². The number of rotatable bonds is 0. The molecule has 1 amide bonds. The Bertz CT molecular complexity index is 141. The van der Waals surface area contributed by atoms with Gasteiger partial charge in [0.15, 0.2) is 0 Å². The van der Waals surface area contributed by atoms with Crippen LogP contribution >= 0.6 is 0 Å². The van der Waals surface area contributed by atoms with Crippen molar-refractivity contribution in [3.8, 4) is 0 Å². The second-order valence-corrected chi connectivity index (χ2v) is 2.51. The molecule has 0 spiro atoms. The zero-order valence-corrected chi connectivity index (χ0v) is 5.75. The van der Waals surface area contributed by atoms with E-state index in [4.69, 9.17) is 5.11 Å². The van der Waals surface area contributed by atoms with Crippen molar-refractivity contribution >= 4 is 5.91 Å². The standard InChI is InChI=1S/C6H10FNO2/c1-4(9)8-2-5(7)6(10)3-8/h5-6,10H,2-3H2,1H3. The van der Waals surface area contributed by atoms with E-state index in [0.717, 1.165) is 0 Å². The van der Waals surface area contributed by atoms with E-state index >= 15 is 0 Å². The number of aliphatic hydroxyl groups excluding tert-OH is 1. The molecule has 0 aromatic carbocycles. The first-order chi connectivity index (χ1) is 4.61. The summed E-state index contributed by atoms with van der Waals surface area (Å²) in [6.07, 6.45) is -2.24. The van der Waals surface area contributed by atoms with Crippen molar-refractivity contribution in [3.63, 3.8) is 0 Å². The van der Waals surface area contributed by atoms with Gasteiger partial charge in [0.2, 0.25) is 5.91 Å². The number of hydrogen-bond acceptors (Lipinski definition) is 2. The predicted molar refractivity (Wildman–Crippen MR) is 33.2 cm³/mol. The Labute approximate surface area is 58.4 Å². The van der Waals surface area contributed by atoms with Gasteiger partial charge in [-0.2, -0.15) is 0 Å². The third-order valence-corrected chi connectivity index (χ3v) is 1.67. The number of halogens is 1. The summed E-state index contributed by atoms with van der Waals surface area (Å²) in [5.41, 5.74) is 0. The molecule has 0 aromatic heterocycles. The van der Waals surface area contributed by atoms with Gasteiger partial charge in [-0.25, -0.2) is 4.39 Å². The molecular formula is C6H10FNO2. The molecule has 3 nitrogen and oxygen atoms in total. The second-order valence-electron chi connectivity index (χ2n) is 2.51. The number of carbonyl (C=O) groups excluding carboxylic acids is 1. The van der Waals surface area contributed by atoms with E-state index in [9.17, 15) is 9.18 Å². The highest BCUT2D eigenvalue weighted by Crippen LogP contribution is 2.12. The quantitative estimate of drug-likeness (QED) is 0.504. The molecule has 1 aliphatic heterocycles. The normalized spacial score (nSPS) is 32.9. The van der Waals surface area contributed by atoms with Crippen LogP contribution in [0.2, 0.25) is 0 Å². The lowest BCUT2D eigenvalue weighted by atomic mass is 10.3. The molecule has 1 N–H and O–H groups in total. The molecular weight excluding hydrogens is 137 g/mol. The molecule has 0 aromatic rings. The first-order valence-corrected chi connectivity index (χ1v) is 3.19. The number of likely N-dealkylation sites (tertiary alicyclic amines) is 1. The van der Waals surface area contributed by atoms with Gasteiger partial charge in [0, 0.05) is 13.5 Å². The molecule has 1 rings (SSSR count). The summed E-state index contributed by atoms with van der Waals surface area (Å²) in [6.45, 7) is 1.54. The fraction of sp³-hybridized carbons (Fsp3) is 0.833. The average molecular weight is 147 g/mol. The van der Waals surface area contributed by atoms with Crippen LogP contribution in [-0.4, -0.2) is 41.3 Å². The van der Waals surface area contributed by atoms with Gasteiger partial charge in [0.25, 0.3) is 0 Å². The Morgan fingerprint density at radius 3 is 2.50 bits per heavy atom. The van der Waals surface area contributed by atoms with Crippen LogP contribution in [0.25, 0.3) is 0 Å². The summed E-state index contributed by atoms with van der Waals surface area (Å²) in [4.78, 5) is 11.9. The van der Waals surface area contributed by atoms with Gasteiger partial charge in [-0.05, 0) is 0 Å². The number of carbonyl (C=O) groups is 1. The Morgan fingerprint density at radius 2 is 2.30 bits per heavy atom. The van der Waals surface area contributed by atoms with Crippen molar-refractivity contribution < 1.29 is 14.3 Å². The van der Waals surface area contributed by atoms with E-state index in [0.29, 0.717) is 0 Å². The molecule has 2 atom stereocenters. The van der Waals surface area contributed by atoms with Gasteiger partial charge in [-0.15, -0.1) is 0 Å². The van der Waals surface area contributed by atoms with Crippen LogP contribution in [0.15, 0.2) is 0 Å². The first kappa shape index (κ1) is 7.47. The third-order valence-electron chi connectivity index (χ3n) is 1.67. The molecule has 0 saturated carbocycles. The number of aliphatic hydroxyl groups is 1. The molecule has 10 heavy (non-hydrogen) atoms.